The summed E-state index contributed by atoms with van der Waals surface area (Å²) in [4.78, 5) is 44.0. The normalized spacial score (nSPS) is 13.0. The maximum Gasteiger partial charge on any atom is 0.259 e. The Morgan fingerprint density at radius 3 is 2.41 bits per heavy atom. The summed E-state index contributed by atoms with van der Waals surface area (Å²) >= 11 is 12.6. The van der Waals surface area contributed by atoms with Crippen LogP contribution >= 0.6 is 23.2 Å². The van der Waals surface area contributed by atoms with Gasteiger partial charge >= 0.3 is 0 Å². The third kappa shape index (κ3) is 5.49. The van der Waals surface area contributed by atoms with Crippen LogP contribution in [0.1, 0.15) is 28.4 Å². The Morgan fingerprint density at radius 2 is 1.69 bits per heavy atom. The Morgan fingerprint density at radius 1 is 0.949 bits per heavy atom. The van der Waals surface area contributed by atoms with Gasteiger partial charge in [-0.3, -0.25) is 19.3 Å². The number of likely N-dealkylation sites (N-methyl/N-ethyl adjacent to an activating group) is 1. The first-order valence-electron chi connectivity index (χ1n) is 12.8. The van der Waals surface area contributed by atoms with Crippen LogP contribution < -0.4 is 10.2 Å². The molecule has 1 atom stereocenters. The molecule has 39 heavy (non-hydrogen) atoms. The number of carbonyl (C=O) groups excluding carboxylic acids is 3. The molecule has 0 aromatic heterocycles. The van der Waals surface area contributed by atoms with Gasteiger partial charge < -0.3 is 10.2 Å². The minimum atomic E-state index is -0.831. The average molecular weight is 560 g/mol. The van der Waals surface area contributed by atoms with Gasteiger partial charge in [0.05, 0.1) is 5.69 Å². The van der Waals surface area contributed by atoms with Gasteiger partial charge in [-0.25, -0.2) is 0 Å². The summed E-state index contributed by atoms with van der Waals surface area (Å²) in [5.74, 6) is -0.887. The number of halogens is 2. The van der Waals surface area contributed by atoms with Crippen molar-refractivity contribution in [1.82, 2.24) is 10.2 Å². The molecule has 0 fully saturated rings. The van der Waals surface area contributed by atoms with Gasteiger partial charge in [-0.15, -0.1) is 0 Å². The number of anilines is 1. The van der Waals surface area contributed by atoms with E-state index in [4.69, 9.17) is 23.2 Å². The number of hydrogen-bond donors (Lipinski definition) is 1. The molecule has 198 valence electrons. The first-order valence-corrected chi connectivity index (χ1v) is 13.5. The topological polar surface area (TPSA) is 69.7 Å². The quantitative estimate of drug-likeness (QED) is 0.278. The van der Waals surface area contributed by atoms with Crippen molar-refractivity contribution in [2.24, 2.45) is 0 Å². The third-order valence-electron chi connectivity index (χ3n) is 6.92. The molecule has 8 heteroatoms. The maximum atomic E-state index is 14.1. The number of nitrogens with zero attached hydrogens (tertiary/aromatic N) is 2. The molecular formula is C31H27Cl2N3O3. The van der Waals surface area contributed by atoms with Crippen molar-refractivity contribution in [3.05, 3.63) is 112 Å². The third-order valence-corrected chi connectivity index (χ3v) is 7.51. The highest BCUT2D eigenvalue weighted by atomic mass is 35.5. The average Bonchev–Trinajstić information content (AvgIpc) is 3.20. The van der Waals surface area contributed by atoms with Gasteiger partial charge in [0, 0.05) is 40.5 Å². The molecule has 0 radical (unpaired) electrons. The smallest absolute Gasteiger partial charge is 0.259 e. The minimum Gasteiger partial charge on any atom is -0.355 e. The zero-order valence-electron chi connectivity index (χ0n) is 21.4. The van der Waals surface area contributed by atoms with Crippen molar-refractivity contribution in [1.29, 1.82) is 0 Å². The first-order chi connectivity index (χ1) is 18.9. The molecule has 4 aromatic rings. The SMILES string of the molecule is CCNC(=O)[C@@H](Cc1ccccc1)N(Cc1ccc(Cl)cc1Cl)C(=O)CN1C(=O)c2cccc3cccc1c23. The van der Waals surface area contributed by atoms with E-state index in [-0.39, 0.29) is 30.8 Å². The van der Waals surface area contributed by atoms with E-state index in [1.807, 2.05) is 67.6 Å². The van der Waals surface area contributed by atoms with Crippen LogP contribution in [0.15, 0.2) is 84.9 Å². The Bertz CT molecular complexity index is 1550. The summed E-state index contributed by atoms with van der Waals surface area (Å²) in [6.07, 6.45) is 0.299. The Kier molecular flexibility index (Phi) is 7.87. The highest BCUT2D eigenvalue weighted by Crippen LogP contribution is 2.37. The fraction of sp³-hybridized carbons (Fsp3) is 0.194. The molecule has 0 unspecified atom stereocenters. The molecule has 3 amide bonds. The van der Waals surface area contributed by atoms with Crippen molar-refractivity contribution in [2.45, 2.75) is 25.9 Å². The molecule has 1 heterocycles. The van der Waals surface area contributed by atoms with Crippen molar-refractivity contribution >= 4 is 57.4 Å². The second kappa shape index (κ2) is 11.5. The van der Waals surface area contributed by atoms with Crippen LogP contribution in [0.5, 0.6) is 0 Å². The minimum absolute atomic E-state index is 0.0721. The number of rotatable bonds is 9. The van der Waals surface area contributed by atoms with Crippen LogP contribution in [-0.4, -0.2) is 41.8 Å². The highest BCUT2D eigenvalue weighted by Gasteiger charge is 2.36. The van der Waals surface area contributed by atoms with Gasteiger partial charge in [-0.1, -0.05) is 83.9 Å². The number of hydrogen-bond acceptors (Lipinski definition) is 3. The summed E-state index contributed by atoms with van der Waals surface area (Å²) in [6.45, 7) is 2.10. The van der Waals surface area contributed by atoms with Crippen LogP contribution in [-0.2, 0) is 22.6 Å². The van der Waals surface area contributed by atoms with Crippen molar-refractivity contribution < 1.29 is 14.4 Å². The van der Waals surface area contributed by atoms with E-state index in [1.165, 1.54) is 9.80 Å². The Labute approximate surface area is 237 Å². The maximum absolute atomic E-state index is 14.1. The molecule has 1 aliphatic heterocycles. The van der Waals surface area contributed by atoms with Crippen LogP contribution in [0.3, 0.4) is 0 Å². The molecular weight excluding hydrogens is 533 g/mol. The van der Waals surface area contributed by atoms with Crippen molar-refractivity contribution in [3.8, 4) is 0 Å². The van der Waals surface area contributed by atoms with E-state index >= 15 is 0 Å². The van der Waals surface area contributed by atoms with E-state index < -0.39 is 6.04 Å². The van der Waals surface area contributed by atoms with E-state index in [2.05, 4.69) is 5.32 Å². The summed E-state index contributed by atoms with van der Waals surface area (Å²) in [7, 11) is 0. The van der Waals surface area contributed by atoms with Gasteiger partial charge in [0.15, 0.2) is 0 Å². The lowest BCUT2D eigenvalue weighted by molar-refractivity contribution is -0.140. The van der Waals surface area contributed by atoms with Crippen LogP contribution in [0, 0.1) is 0 Å². The van der Waals surface area contributed by atoms with E-state index in [1.54, 1.807) is 24.3 Å². The number of nitrogens with one attached hydrogen (secondary N) is 1. The second-order valence-electron chi connectivity index (χ2n) is 9.43. The van der Waals surface area contributed by atoms with Crippen molar-refractivity contribution in [2.75, 3.05) is 18.0 Å². The fourth-order valence-electron chi connectivity index (χ4n) is 5.04. The second-order valence-corrected chi connectivity index (χ2v) is 10.3. The van der Waals surface area contributed by atoms with Gasteiger partial charge in [0.25, 0.3) is 5.91 Å². The lowest BCUT2D eigenvalue weighted by Crippen LogP contribution is -2.53. The van der Waals surface area contributed by atoms with Crippen molar-refractivity contribution in [3.63, 3.8) is 0 Å². The Balaban J connectivity index is 1.52. The zero-order valence-corrected chi connectivity index (χ0v) is 22.9. The molecule has 0 aliphatic carbocycles. The van der Waals surface area contributed by atoms with Crippen LogP contribution in [0.4, 0.5) is 5.69 Å². The number of carbonyl (C=O) groups is 3. The van der Waals surface area contributed by atoms with Gasteiger partial charge in [-0.05, 0) is 47.7 Å². The first kappa shape index (κ1) is 26.7. The molecule has 4 aromatic carbocycles. The standard InChI is InChI=1S/C31H27Cl2N3O3/c1-2-34-30(38)27(16-20-8-4-3-5-9-20)35(18-22-14-15-23(32)17-25(22)33)28(37)19-36-26-13-7-11-21-10-6-12-24(29(21)26)31(36)39/h3-15,17,27H,2,16,18-19H2,1H3,(H,34,38)/t27-/m1/s1. The monoisotopic (exact) mass is 559 g/mol. The summed E-state index contributed by atoms with van der Waals surface area (Å²) in [6, 6.07) is 25.0. The summed E-state index contributed by atoms with van der Waals surface area (Å²) < 4.78 is 0. The lowest BCUT2D eigenvalue weighted by atomic mass is 10.0. The largest absolute Gasteiger partial charge is 0.355 e. The van der Waals surface area contributed by atoms with Gasteiger partial charge in [0.1, 0.15) is 12.6 Å². The zero-order chi connectivity index (χ0) is 27.5. The molecule has 6 nitrogen and oxygen atoms in total. The number of amides is 3. The molecule has 0 spiro atoms. The highest BCUT2D eigenvalue weighted by molar-refractivity contribution is 6.35. The lowest BCUT2D eigenvalue weighted by Gasteiger charge is -2.33. The fourth-order valence-corrected chi connectivity index (χ4v) is 5.51. The molecule has 1 aliphatic rings. The molecule has 0 saturated carbocycles. The summed E-state index contributed by atoms with van der Waals surface area (Å²) in [5.41, 5.74) is 2.80. The van der Waals surface area contributed by atoms with E-state index in [9.17, 15) is 14.4 Å². The van der Waals surface area contributed by atoms with E-state index in [0.29, 0.717) is 39.8 Å². The van der Waals surface area contributed by atoms with Gasteiger partial charge in [0.2, 0.25) is 11.8 Å². The van der Waals surface area contributed by atoms with Gasteiger partial charge in [-0.2, -0.15) is 0 Å². The summed E-state index contributed by atoms with van der Waals surface area (Å²) in [5, 5.41) is 5.50. The Hall–Kier alpha value is -3.87. The predicted octanol–water partition coefficient (Wildman–Crippen LogP) is 5.88. The van der Waals surface area contributed by atoms with Crippen LogP contribution in [0.25, 0.3) is 10.8 Å². The predicted molar refractivity (Wildman–Crippen MR) is 155 cm³/mol. The van der Waals surface area contributed by atoms with E-state index in [0.717, 1.165) is 16.3 Å². The molecule has 1 N–H and O–H groups in total. The van der Waals surface area contributed by atoms with Crippen LogP contribution in [0.2, 0.25) is 10.0 Å². The molecule has 0 bridgehead atoms. The number of benzene rings is 4. The molecule has 0 saturated heterocycles. The molecule has 5 rings (SSSR count).